The fourth-order valence-electron chi connectivity index (χ4n) is 3.39. The second kappa shape index (κ2) is 7.56. The molecular formula is C20H22N2O4. The van der Waals surface area contributed by atoms with Crippen molar-refractivity contribution in [3.8, 4) is 11.6 Å². The number of para-hydroxylation sites is 1. The van der Waals surface area contributed by atoms with Gasteiger partial charge >= 0.3 is 5.97 Å². The Hall–Kier alpha value is -2.89. The van der Waals surface area contributed by atoms with Gasteiger partial charge in [0.15, 0.2) is 0 Å². The molecule has 1 aliphatic rings. The van der Waals surface area contributed by atoms with E-state index >= 15 is 0 Å². The molecule has 2 aromatic rings. The van der Waals surface area contributed by atoms with Crippen molar-refractivity contribution in [2.24, 2.45) is 0 Å². The molecule has 0 aliphatic heterocycles. The van der Waals surface area contributed by atoms with Crippen LogP contribution in [0.3, 0.4) is 0 Å². The van der Waals surface area contributed by atoms with Crippen LogP contribution in [0.4, 0.5) is 0 Å². The third kappa shape index (κ3) is 3.54. The number of pyridine rings is 1. The van der Waals surface area contributed by atoms with Gasteiger partial charge in [-0.3, -0.25) is 4.79 Å². The number of amides is 1. The number of aliphatic carboxylic acids is 1. The molecule has 6 heteroatoms. The van der Waals surface area contributed by atoms with Crippen LogP contribution < -0.4 is 4.74 Å². The number of carbonyl (C=O) groups is 2. The van der Waals surface area contributed by atoms with Gasteiger partial charge in [-0.05, 0) is 31.0 Å². The van der Waals surface area contributed by atoms with E-state index in [9.17, 15) is 14.7 Å². The van der Waals surface area contributed by atoms with Gasteiger partial charge in [0.25, 0.3) is 5.91 Å². The molecule has 26 heavy (non-hydrogen) atoms. The molecule has 1 aliphatic carbocycles. The molecule has 0 radical (unpaired) electrons. The number of aromatic nitrogens is 1. The van der Waals surface area contributed by atoms with Crippen LogP contribution in [0, 0.1) is 0 Å². The maximum Gasteiger partial charge on any atom is 0.329 e. The van der Waals surface area contributed by atoms with E-state index in [0.717, 1.165) is 19.3 Å². The lowest BCUT2D eigenvalue weighted by molar-refractivity contribution is -0.151. The number of rotatable bonds is 5. The fraction of sp³-hybridized carbons (Fsp3) is 0.350. The maximum absolute atomic E-state index is 12.8. The number of carboxylic acid groups (broad SMARTS) is 1. The SMILES string of the molecule is CN(C(=O)c1ccc(Oc2ccccc2)nc1)C1(C(=O)O)CCCCC1. The van der Waals surface area contributed by atoms with Crippen molar-refractivity contribution in [3.63, 3.8) is 0 Å². The molecule has 1 aromatic heterocycles. The predicted octanol–water partition coefficient (Wildman–Crippen LogP) is 3.73. The summed E-state index contributed by atoms with van der Waals surface area (Å²) in [6.07, 6.45) is 5.01. The van der Waals surface area contributed by atoms with E-state index in [1.54, 1.807) is 19.2 Å². The summed E-state index contributed by atoms with van der Waals surface area (Å²) < 4.78 is 5.62. The Morgan fingerprint density at radius 1 is 1.08 bits per heavy atom. The van der Waals surface area contributed by atoms with Crippen molar-refractivity contribution in [3.05, 3.63) is 54.2 Å². The highest BCUT2D eigenvalue weighted by Gasteiger charge is 2.45. The van der Waals surface area contributed by atoms with Gasteiger partial charge in [0, 0.05) is 19.3 Å². The van der Waals surface area contributed by atoms with E-state index < -0.39 is 11.5 Å². The van der Waals surface area contributed by atoms with E-state index in [1.807, 2.05) is 30.3 Å². The molecule has 0 unspecified atom stereocenters. The van der Waals surface area contributed by atoms with Crippen molar-refractivity contribution in [1.29, 1.82) is 0 Å². The van der Waals surface area contributed by atoms with Crippen LogP contribution in [-0.4, -0.2) is 39.5 Å². The van der Waals surface area contributed by atoms with Gasteiger partial charge in [-0.2, -0.15) is 0 Å². The van der Waals surface area contributed by atoms with E-state index in [-0.39, 0.29) is 5.91 Å². The van der Waals surface area contributed by atoms with Crippen molar-refractivity contribution in [2.45, 2.75) is 37.6 Å². The summed E-state index contributed by atoms with van der Waals surface area (Å²) in [5, 5.41) is 9.73. The monoisotopic (exact) mass is 354 g/mol. The van der Waals surface area contributed by atoms with Gasteiger partial charge < -0.3 is 14.7 Å². The first-order valence-corrected chi connectivity index (χ1v) is 8.73. The van der Waals surface area contributed by atoms with E-state index in [4.69, 9.17) is 4.74 Å². The zero-order chi connectivity index (χ0) is 18.6. The van der Waals surface area contributed by atoms with Crippen molar-refractivity contribution in [1.82, 2.24) is 9.88 Å². The lowest BCUT2D eigenvalue weighted by Crippen LogP contribution is -2.56. The highest BCUT2D eigenvalue weighted by atomic mass is 16.5. The van der Waals surface area contributed by atoms with Gasteiger partial charge in [0.2, 0.25) is 5.88 Å². The predicted molar refractivity (Wildman–Crippen MR) is 96.3 cm³/mol. The summed E-state index contributed by atoms with van der Waals surface area (Å²) in [4.78, 5) is 30.2. The van der Waals surface area contributed by atoms with Crippen molar-refractivity contribution in [2.75, 3.05) is 7.05 Å². The average Bonchev–Trinajstić information content (AvgIpc) is 2.68. The van der Waals surface area contributed by atoms with Crippen LogP contribution in [-0.2, 0) is 4.79 Å². The Kier molecular flexibility index (Phi) is 5.21. The molecule has 1 fully saturated rings. The minimum absolute atomic E-state index is 0.340. The molecule has 1 aromatic carbocycles. The topological polar surface area (TPSA) is 79.7 Å². The lowest BCUT2D eigenvalue weighted by atomic mass is 9.80. The standard InChI is InChI=1S/C20H22N2O4/c1-22(20(19(24)25)12-6-3-7-13-20)18(23)15-10-11-17(21-14-15)26-16-8-4-2-5-9-16/h2,4-5,8-11,14H,3,6-7,12-13H2,1H3,(H,24,25). The quantitative estimate of drug-likeness (QED) is 0.885. The second-order valence-corrected chi connectivity index (χ2v) is 6.56. The van der Waals surface area contributed by atoms with Crippen LogP contribution in [0.25, 0.3) is 0 Å². The first-order chi connectivity index (χ1) is 12.5. The molecule has 1 amide bonds. The van der Waals surface area contributed by atoms with Crippen molar-refractivity contribution < 1.29 is 19.4 Å². The molecule has 0 bridgehead atoms. The zero-order valence-electron chi connectivity index (χ0n) is 14.7. The largest absolute Gasteiger partial charge is 0.479 e. The molecule has 1 heterocycles. The number of benzene rings is 1. The second-order valence-electron chi connectivity index (χ2n) is 6.56. The number of nitrogens with zero attached hydrogens (tertiary/aromatic N) is 2. The minimum atomic E-state index is -1.13. The van der Waals surface area contributed by atoms with Crippen LogP contribution in [0.2, 0.25) is 0 Å². The van der Waals surface area contributed by atoms with Gasteiger partial charge in [-0.15, -0.1) is 0 Å². The number of likely N-dealkylation sites (N-methyl/N-ethyl adjacent to an activating group) is 1. The molecule has 1 N–H and O–H groups in total. The Bertz CT molecular complexity index is 768. The van der Waals surface area contributed by atoms with Gasteiger partial charge in [-0.1, -0.05) is 37.5 Å². The Balaban J connectivity index is 1.75. The van der Waals surface area contributed by atoms with Gasteiger partial charge in [-0.25, -0.2) is 9.78 Å². The van der Waals surface area contributed by atoms with E-state index in [0.29, 0.717) is 30.0 Å². The Morgan fingerprint density at radius 2 is 1.77 bits per heavy atom. The summed E-state index contributed by atoms with van der Waals surface area (Å²) in [5.41, 5.74) is -0.784. The molecule has 6 nitrogen and oxygen atoms in total. The molecule has 136 valence electrons. The average molecular weight is 354 g/mol. The zero-order valence-corrected chi connectivity index (χ0v) is 14.7. The third-order valence-corrected chi connectivity index (χ3v) is 4.97. The summed E-state index contributed by atoms with van der Waals surface area (Å²) in [6, 6.07) is 12.5. The maximum atomic E-state index is 12.8. The van der Waals surface area contributed by atoms with Crippen LogP contribution in [0.1, 0.15) is 42.5 Å². The van der Waals surface area contributed by atoms with E-state index in [1.165, 1.54) is 11.1 Å². The number of hydrogen-bond donors (Lipinski definition) is 1. The highest BCUT2D eigenvalue weighted by molar-refractivity contribution is 5.97. The summed E-state index contributed by atoms with van der Waals surface area (Å²) in [6.45, 7) is 0. The summed E-state index contributed by atoms with van der Waals surface area (Å²) in [7, 11) is 1.57. The molecule has 1 saturated carbocycles. The number of ether oxygens (including phenoxy) is 1. The first-order valence-electron chi connectivity index (χ1n) is 8.73. The number of carbonyl (C=O) groups excluding carboxylic acids is 1. The molecule has 0 saturated heterocycles. The molecule has 3 rings (SSSR count). The molecule has 0 atom stereocenters. The van der Waals surface area contributed by atoms with Crippen molar-refractivity contribution >= 4 is 11.9 Å². The van der Waals surface area contributed by atoms with Gasteiger partial charge in [0.05, 0.1) is 5.56 Å². The van der Waals surface area contributed by atoms with Crippen LogP contribution in [0.5, 0.6) is 11.6 Å². The number of hydrogen-bond acceptors (Lipinski definition) is 4. The van der Waals surface area contributed by atoms with Crippen LogP contribution >= 0.6 is 0 Å². The summed E-state index contributed by atoms with van der Waals surface area (Å²) in [5.74, 6) is -0.248. The first kappa shape index (κ1) is 17.9. The lowest BCUT2D eigenvalue weighted by Gasteiger charge is -2.41. The molecule has 0 spiro atoms. The van der Waals surface area contributed by atoms with Crippen LogP contribution in [0.15, 0.2) is 48.7 Å². The minimum Gasteiger partial charge on any atom is -0.479 e. The third-order valence-electron chi connectivity index (χ3n) is 4.97. The van der Waals surface area contributed by atoms with Gasteiger partial charge in [0.1, 0.15) is 11.3 Å². The molecular weight excluding hydrogens is 332 g/mol. The Morgan fingerprint density at radius 3 is 2.35 bits per heavy atom. The Labute approximate surface area is 152 Å². The highest BCUT2D eigenvalue weighted by Crippen LogP contribution is 2.34. The smallest absolute Gasteiger partial charge is 0.329 e. The normalized spacial score (nSPS) is 15.9. The number of carboxylic acids is 1. The fourth-order valence-corrected chi connectivity index (χ4v) is 3.39. The van der Waals surface area contributed by atoms with E-state index in [2.05, 4.69) is 4.98 Å². The summed E-state index contributed by atoms with van der Waals surface area (Å²) >= 11 is 0.